The van der Waals surface area contributed by atoms with Gasteiger partial charge in [0.25, 0.3) is 5.79 Å². The number of nitrogens with zero attached hydrogens (tertiary/aromatic N) is 1. The lowest BCUT2D eigenvalue weighted by molar-refractivity contribution is -0.247. The minimum absolute atomic E-state index is 0.0995. The molecule has 8 nitrogen and oxygen atoms in total. The van der Waals surface area contributed by atoms with Crippen molar-refractivity contribution in [3.63, 3.8) is 0 Å². The molecule has 2 aliphatic heterocycles. The first kappa shape index (κ1) is 26.6. The standard InChI is InChI=1S/C26H33NO7S/c1-25(2)33-22(29)21(23(30)34-25)26(17-20(28)11-16-35(3,4)5)12-14-27(15-13-26)24(31)32-18-19-9-7-6-8-10-19/h6-10,21H,12-15,17-18H2,1-5H3. The molecule has 35 heavy (non-hydrogen) atoms. The van der Waals surface area contributed by atoms with Gasteiger partial charge in [-0.15, -0.1) is 0 Å². The van der Waals surface area contributed by atoms with E-state index < -0.39 is 45.2 Å². The van der Waals surface area contributed by atoms with Crippen LogP contribution in [0.3, 0.4) is 0 Å². The van der Waals surface area contributed by atoms with Crippen LogP contribution in [0.2, 0.25) is 0 Å². The summed E-state index contributed by atoms with van der Waals surface area (Å²) >= 11 is 0. The molecule has 0 spiro atoms. The molecule has 0 bridgehead atoms. The zero-order valence-electron chi connectivity index (χ0n) is 20.9. The number of cyclic esters (lactones) is 2. The van der Waals surface area contributed by atoms with Gasteiger partial charge in [0.1, 0.15) is 6.61 Å². The molecule has 190 valence electrons. The number of Topliss-reactive ketones (excluding diaryl/α,β-unsaturated/α-hetero) is 1. The van der Waals surface area contributed by atoms with Crippen molar-refractivity contribution in [1.82, 2.24) is 4.90 Å². The quantitative estimate of drug-likeness (QED) is 0.345. The van der Waals surface area contributed by atoms with Crippen LogP contribution in [0, 0.1) is 22.5 Å². The van der Waals surface area contributed by atoms with E-state index in [9.17, 15) is 19.2 Å². The fourth-order valence-corrected chi connectivity index (χ4v) is 4.73. The van der Waals surface area contributed by atoms with E-state index in [1.54, 1.807) is 0 Å². The second-order valence-electron chi connectivity index (χ2n) is 10.2. The Hall–Kier alpha value is -2.99. The Kier molecular flexibility index (Phi) is 7.85. The van der Waals surface area contributed by atoms with Crippen LogP contribution in [0.25, 0.3) is 0 Å². The van der Waals surface area contributed by atoms with Crippen molar-refractivity contribution in [3.8, 4) is 11.2 Å². The molecule has 0 unspecified atom stereocenters. The lowest BCUT2D eigenvalue weighted by Crippen LogP contribution is -2.56. The maximum Gasteiger partial charge on any atom is 0.410 e. The summed E-state index contributed by atoms with van der Waals surface area (Å²) in [6, 6.07) is 9.34. The van der Waals surface area contributed by atoms with Crippen molar-refractivity contribution in [1.29, 1.82) is 0 Å². The van der Waals surface area contributed by atoms with Crippen LogP contribution < -0.4 is 0 Å². The van der Waals surface area contributed by atoms with Gasteiger partial charge in [-0.25, -0.2) is 4.79 Å². The van der Waals surface area contributed by atoms with E-state index in [-0.39, 0.29) is 44.7 Å². The van der Waals surface area contributed by atoms with Crippen molar-refractivity contribution in [3.05, 3.63) is 35.9 Å². The van der Waals surface area contributed by atoms with Crippen LogP contribution in [0.5, 0.6) is 0 Å². The van der Waals surface area contributed by atoms with E-state index >= 15 is 0 Å². The molecule has 1 aromatic rings. The van der Waals surface area contributed by atoms with Crippen molar-refractivity contribution in [2.75, 3.05) is 31.9 Å². The highest BCUT2D eigenvalue weighted by Crippen LogP contribution is 2.46. The van der Waals surface area contributed by atoms with Gasteiger partial charge in [0.15, 0.2) is 5.92 Å². The fraction of sp³-hybridized carbons (Fsp3) is 0.538. The summed E-state index contributed by atoms with van der Waals surface area (Å²) in [6.07, 6.45) is 5.80. The van der Waals surface area contributed by atoms with Gasteiger partial charge >= 0.3 is 18.0 Å². The van der Waals surface area contributed by atoms with Crippen molar-refractivity contribution in [2.45, 2.75) is 45.5 Å². The summed E-state index contributed by atoms with van der Waals surface area (Å²) in [6.45, 7) is 3.55. The Morgan fingerprint density at radius 1 is 1.06 bits per heavy atom. The van der Waals surface area contributed by atoms with Gasteiger partial charge in [-0.3, -0.25) is 14.4 Å². The Labute approximate surface area is 208 Å². The SMILES string of the molecule is CC1(C)OC(=O)C(C2(CC(=O)C#CS(C)(C)C)CCN(C(=O)OCc3ccccc3)CC2)C(=O)O1. The van der Waals surface area contributed by atoms with E-state index in [0.717, 1.165) is 5.56 Å². The normalized spacial score (nSPS) is 20.1. The number of esters is 2. The highest BCUT2D eigenvalue weighted by Gasteiger charge is 2.56. The van der Waals surface area contributed by atoms with E-state index in [1.165, 1.54) is 18.7 Å². The minimum Gasteiger partial charge on any atom is -0.445 e. The number of carbonyl (C=O) groups is 4. The van der Waals surface area contributed by atoms with Gasteiger partial charge in [0, 0.05) is 38.8 Å². The van der Waals surface area contributed by atoms with Crippen LogP contribution in [-0.2, 0) is 35.2 Å². The molecule has 0 radical (unpaired) electrons. The van der Waals surface area contributed by atoms with Gasteiger partial charge in [-0.2, -0.15) is 10.0 Å². The smallest absolute Gasteiger partial charge is 0.410 e. The van der Waals surface area contributed by atoms with Gasteiger partial charge in [-0.1, -0.05) is 30.3 Å². The topological polar surface area (TPSA) is 99.2 Å². The second-order valence-corrected chi connectivity index (χ2v) is 14.1. The number of ketones is 1. The predicted octanol–water partition coefficient (Wildman–Crippen LogP) is 3.47. The Morgan fingerprint density at radius 3 is 2.17 bits per heavy atom. The van der Waals surface area contributed by atoms with E-state index in [0.29, 0.717) is 0 Å². The highest BCUT2D eigenvalue weighted by molar-refractivity contribution is 8.36. The average molecular weight is 504 g/mol. The van der Waals surface area contributed by atoms with Crippen LogP contribution in [0.15, 0.2) is 30.3 Å². The van der Waals surface area contributed by atoms with E-state index in [2.05, 4.69) is 11.2 Å². The van der Waals surface area contributed by atoms with Crippen molar-refractivity contribution < 1.29 is 33.4 Å². The molecule has 9 heteroatoms. The lowest BCUT2D eigenvalue weighted by Gasteiger charge is -2.46. The molecular weight excluding hydrogens is 470 g/mol. The Bertz CT molecular complexity index is 1020. The van der Waals surface area contributed by atoms with Crippen molar-refractivity contribution in [2.24, 2.45) is 11.3 Å². The number of benzene rings is 1. The molecule has 0 aromatic heterocycles. The molecule has 0 atom stereocenters. The number of hydrogen-bond acceptors (Lipinski definition) is 7. The maximum atomic E-state index is 12.9. The third-order valence-corrected chi connectivity index (χ3v) is 6.72. The third kappa shape index (κ3) is 7.01. The molecule has 1 amide bonds. The van der Waals surface area contributed by atoms with Gasteiger partial charge in [-0.05, 0) is 48.3 Å². The number of amides is 1. The largest absolute Gasteiger partial charge is 0.445 e. The average Bonchev–Trinajstić information content (AvgIpc) is 2.75. The molecule has 3 rings (SSSR count). The molecule has 0 aliphatic carbocycles. The summed E-state index contributed by atoms with van der Waals surface area (Å²) in [4.78, 5) is 52.9. The fourth-order valence-electron chi connectivity index (χ4n) is 4.31. The summed E-state index contributed by atoms with van der Waals surface area (Å²) in [5, 5.41) is 2.99. The lowest BCUT2D eigenvalue weighted by atomic mass is 9.65. The second kappa shape index (κ2) is 10.3. The van der Waals surface area contributed by atoms with Gasteiger partial charge in [0.2, 0.25) is 5.78 Å². The molecule has 0 N–H and O–H groups in total. The van der Waals surface area contributed by atoms with Crippen LogP contribution in [0.4, 0.5) is 4.79 Å². The number of hydrogen-bond donors (Lipinski definition) is 0. The molecule has 2 heterocycles. The predicted molar refractivity (Wildman–Crippen MR) is 132 cm³/mol. The molecule has 1 aromatic carbocycles. The minimum atomic E-state index is -1.37. The van der Waals surface area contributed by atoms with Crippen LogP contribution >= 0.6 is 10.0 Å². The number of likely N-dealkylation sites (tertiary alicyclic amines) is 1. The zero-order valence-corrected chi connectivity index (χ0v) is 21.7. The van der Waals surface area contributed by atoms with Gasteiger partial charge in [0.05, 0.1) is 0 Å². The first-order valence-electron chi connectivity index (χ1n) is 11.5. The van der Waals surface area contributed by atoms with E-state index in [4.69, 9.17) is 14.2 Å². The summed E-state index contributed by atoms with van der Waals surface area (Å²) in [7, 11) is -1.23. The molecule has 2 aliphatic rings. The molecule has 0 saturated carbocycles. The first-order chi connectivity index (χ1) is 16.3. The maximum absolute atomic E-state index is 12.9. The number of ether oxygens (including phenoxy) is 3. The summed E-state index contributed by atoms with van der Waals surface area (Å²) in [5.74, 6) is -1.71. The highest BCUT2D eigenvalue weighted by atomic mass is 32.3. The number of piperidine rings is 1. The van der Waals surface area contributed by atoms with Gasteiger partial charge < -0.3 is 19.1 Å². The Morgan fingerprint density at radius 2 is 1.63 bits per heavy atom. The first-order valence-corrected chi connectivity index (χ1v) is 14.3. The zero-order chi connectivity index (χ0) is 25.9. The monoisotopic (exact) mass is 503 g/mol. The molecule has 2 fully saturated rings. The summed E-state index contributed by atoms with van der Waals surface area (Å²) in [5.41, 5.74) is -0.187. The number of rotatable bonds is 5. The van der Waals surface area contributed by atoms with Crippen molar-refractivity contribution >= 4 is 33.8 Å². The molecule has 2 saturated heterocycles. The molecular formula is C26H33NO7S. The van der Waals surface area contributed by atoms with Crippen LogP contribution in [0.1, 0.15) is 38.7 Å². The summed E-state index contributed by atoms with van der Waals surface area (Å²) < 4.78 is 16.1. The third-order valence-electron chi connectivity index (χ3n) is 6.01. The number of carbonyl (C=O) groups excluding carboxylic acids is 4. The van der Waals surface area contributed by atoms with E-state index in [1.807, 2.05) is 49.1 Å². The van der Waals surface area contributed by atoms with Crippen LogP contribution in [-0.4, -0.2) is 66.4 Å². The Balaban J connectivity index is 1.76.